The minimum Gasteiger partial charge on any atom is -0.352 e. The van der Waals surface area contributed by atoms with E-state index in [-0.39, 0.29) is 18.4 Å². The lowest BCUT2D eigenvalue weighted by molar-refractivity contribution is -0.131. The Morgan fingerprint density at radius 2 is 2.32 bits per heavy atom. The van der Waals surface area contributed by atoms with Crippen LogP contribution in [0.2, 0.25) is 0 Å². The van der Waals surface area contributed by atoms with Crippen molar-refractivity contribution in [1.29, 1.82) is 0 Å². The third-order valence-electron chi connectivity index (χ3n) is 2.73. The summed E-state index contributed by atoms with van der Waals surface area (Å²) in [6, 6.07) is 0.324. The number of nitrogens with one attached hydrogen (secondary N) is 1. The van der Waals surface area contributed by atoms with Gasteiger partial charge in [0.25, 0.3) is 0 Å². The van der Waals surface area contributed by atoms with Crippen LogP contribution < -0.4 is 5.32 Å². The van der Waals surface area contributed by atoms with Crippen molar-refractivity contribution in [2.75, 3.05) is 13.6 Å². The molecule has 6 heteroatoms. The normalized spacial score (nSPS) is 14.6. The zero-order valence-electron chi connectivity index (χ0n) is 11.0. The molecule has 5 nitrogen and oxygen atoms in total. The van der Waals surface area contributed by atoms with E-state index < -0.39 is 0 Å². The van der Waals surface area contributed by atoms with Crippen LogP contribution >= 0.6 is 11.3 Å². The second-order valence-electron chi connectivity index (χ2n) is 4.66. The van der Waals surface area contributed by atoms with Crippen LogP contribution in [-0.2, 0) is 9.59 Å². The Kier molecular flexibility index (Phi) is 4.31. The highest BCUT2D eigenvalue weighted by atomic mass is 32.1. The molecule has 0 unspecified atom stereocenters. The quantitative estimate of drug-likeness (QED) is 0.824. The molecule has 19 heavy (non-hydrogen) atoms. The Morgan fingerprint density at radius 1 is 1.58 bits per heavy atom. The van der Waals surface area contributed by atoms with E-state index in [2.05, 4.69) is 10.3 Å². The Hall–Kier alpha value is -1.69. The first-order valence-corrected chi connectivity index (χ1v) is 7.07. The van der Waals surface area contributed by atoms with Crippen molar-refractivity contribution < 1.29 is 9.59 Å². The van der Waals surface area contributed by atoms with Gasteiger partial charge >= 0.3 is 0 Å². The summed E-state index contributed by atoms with van der Waals surface area (Å²) in [4.78, 5) is 29.0. The molecule has 0 spiro atoms. The molecular formula is C13H17N3O2S. The minimum absolute atomic E-state index is 0.0930. The van der Waals surface area contributed by atoms with Crippen molar-refractivity contribution in [2.24, 2.45) is 0 Å². The zero-order chi connectivity index (χ0) is 13.8. The third kappa shape index (κ3) is 4.48. The van der Waals surface area contributed by atoms with Gasteiger partial charge in [-0.25, -0.2) is 4.98 Å². The maximum absolute atomic E-state index is 11.8. The molecule has 1 aliphatic carbocycles. The van der Waals surface area contributed by atoms with Crippen LogP contribution in [0.1, 0.15) is 23.5 Å². The van der Waals surface area contributed by atoms with Crippen molar-refractivity contribution in [3.8, 4) is 0 Å². The van der Waals surface area contributed by atoms with Crippen LogP contribution in [-0.4, -0.2) is 41.3 Å². The third-order valence-corrected chi connectivity index (χ3v) is 3.52. The number of aryl methyl sites for hydroxylation is 1. The summed E-state index contributed by atoms with van der Waals surface area (Å²) in [5.41, 5.74) is 0.770. The fourth-order valence-corrected chi connectivity index (χ4v) is 2.12. The van der Waals surface area contributed by atoms with Crippen LogP contribution in [0, 0.1) is 6.92 Å². The van der Waals surface area contributed by atoms with Gasteiger partial charge in [0.2, 0.25) is 11.8 Å². The summed E-state index contributed by atoms with van der Waals surface area (Å²) in [5, 5.41) is 5.70. The Balaban J connectivity index is 1.80. The number of likely N-dealkylation sites (N-methyl/N-ethyl adjacent to an activating group) is 1. The van der Waals surface area contributed by atoms with E-state index in [1.807, 2.05) is 12.3 Å². The van der Waals surface area contributed by atoms with Crippen molar-refractivity contribution in [1.82, 2.24) is 15.2 Å². The molecule has 1 aliphatic rings. The van der Waals surface area contributed by atoms with Gasteiger partial charge in [0, 0.05) is 24.5 Å². The number of nitrogens with zero attached hydrogens (tertiary/aromatic N) is 2. The lowest BCUT2D eigenvalue weighted by Crippen LogP contribution is -2.38. The molecular weight excluding hydrogens is 262 g/mol. The van der Waals surface area contributed by atoms with E-state index in [4.69, 9.17) is 0 Å². The van der Waals surface area contributed by atoms with Gasteiger partial charge in [0.15, 0.2) is 0 Å². The van der Waals surface area contributed by atoms with Gasteiger partial charge in [-0.2, -0.15) is 0 Å². The molecule has 2 rings (SSSR count). The Labute approximate surface area is 116 Å². The molecule has 1 fully saturated rings. The van der Waals surface area contributed by atoms with E-state index in [1.165, 1.54) is 22.3 Å². The summed E-state index contributed by atoms with van der Waals surface area (Å²) in [6.45, 7) is 2.01. The van der Waals surface area contributed by atoms with Crippen molar-refractivity contribution in [3.05, 3.63) is 22.2 Å². The second-order valence-corrected chi connectivity index (χ2v) is 5.72. The van der Waals surface area contributed by atoms with Gasteiger partial charge in [-0.05, 0) is 25.8 Å². The monoisotopic (exact) mass is 279 g/mol. The summed E-state index contributed by atoms with van der Waals surface area (Å²) < 4.78 is 0. The van der Waals surface area contributed by atoms with Gasteiger partial charge in [-0.15, -0.1) is 11.3 Å². The maximum Gasteiger partial charge on any atom is 0.246 e. The predicted octanol–water partition coefficient (Wildman–Crippen LogP) is 1.20. The van der Waals surface area contributed by atoms with Gasteiger partial charge in [-0.3, -0.25) is 9.59 Å². The average molecular weight is 279 g/mol. The van der Waals surface area contributed by atoms with E-state index in [1.54, 1.807) is 13.1 Å². The number of hydrogen-bond acceptors (Lipinski definition) is 4. The molecule has 2 amide bonds. The van der Waals surface area contributed by atoms with E-state index in [0.29, 0.717) is 6.04 Å². The number of rotatable bonds is 5. The molecule has 1 aromatic rings. The lowest BCUT2D eigenvalue weighted by Gasteiger charge is -2.14. The molecule has 0 atom stereocenters. The van der Waals surface area contributed by atoms with Crippen molar-refractivity contribution >= 4 is 29.2 Å². The number of thiazole rings is 1. The van der Waals surface area contributed by atoms with Crippen LogP contribution in [0.5, 0.6) is 0 Å². The van der Waals surface area contributed by atoms with Gasteiger partial charge < -0.3 is 10.2 Å². The predicted molar refractivity (Wildman–Crippen MR) is 74.7 cm³/mol. The van der Waals surface area contributed by atoms with E-state index >= 15 is 0 Å². The first-order chi connectivity index (χ1) is 9.04. The summed E-state index contributed by atoms with van der Waals surface area (Å²) >= 11 is 1.54. The van der Waals surface area contributed by atoms with Crippen molar-refractivity contribution in [3.63, 3.8) is 0 Å². The highest BCUT2D eigenvalue weighted by molar-refractivity contribution is 7.09. The maximum atomic E-state index is 11.8. The van der Waals surface area contributed by atoms with Gasteiger partial charge in [0.1, 0.15) is 0 Å². The summed E-state index contributed by atoms with van der Waals surface area (Å²) in [7, 11) is 1.62. The number of aromatic nitrogens is 1. The standard InChI is InChI=1S/C13H17N3O2S/c1-9-14-11(8-19-9)5-6-13(18)16(2)7-12(17)15-10-3-4-10/h5-6,8,10H,3-4,7H2,1-2H3,(H,15,17). The largest absolute Gasteiger partial charge is 0.352 e. The molecule has 0 bridgehead atoms. The smallest absolute Gasteiger partial charge is 0.246 e. The fraction of sp³-hybridized carbons (Fsp3) is 0.462. The molecule has 1 N–H and O–H groups in total. The zero-order valence-corrected chi connectivity index (χ0v) is 11.9. The summed E-state index contributed by atoms with van der Waals surface area (Å²) in [6.07, 6.45) is 5.21. The van der Waals surface area contributed by atoms with Crippen LogP contribution in [0.3, 0.4) is 0 Å². The van der Waals surface area contributed by atoms with Crippen molar-refractivity contribution in [2.45, 2.75) is 25.8 Å². The summed E-state index contributed by atoms with van der Waals surface area (Å²) in [5.74, 6) is -0.298. The van der Waals surface area contributed by atoms with Crippen LogP contribution in [0.15, 0.2) is 11.5 Å². The minimum atomic E-state index is -0.198. The molecule has 1 aromatic heterocycles. The molecule has 0 aromatic carbocycles. The van der Waals surface area contributed by atoms with E-state index in [0.717, 1.165) is 23.5 Å². The lowest BCUT2D eigenvalue weighted by atomic mass is 10.3. The van der Waals surface area contributed by atoms with Gasteiger partial charge in [0.05, 0.1) is 17.2 Å². The fourth-order valence-electron chi connectivity index (χ4n) is 1.53. The number of carbonyl (C=O) groups is 2. The molecule has 0 radical (unpaired) electrons. The highest BCUT2D eigenvalue weighted by Gasteiger charge is 2.23. The molecule has 0 saturated heterocycles. The number of hydrogen-bond donors (Lipinski definition) is 1. The number of amides is 2. The first-order valence-electron chi connectivity index (χ1n) is 6.19. The second kappa shape index (κ2) is 5.97. The van der Waals surface area contributed by atoms with Crippen LogP contribution in [0.4, 0.5) is 0 Å². The molecule has 0 aliphatic heterocycles. The molecule has 1 saturated carbocycles. The Bertz CT molecular complexity index is 506. The first kappa shape index (κ1) is 13.7. The van der Waals surface area contributed by atoms with E-state index in [9.17, 15) is 9.59 Å². The number of carbonyl (C=O) groups excluding carboxylic acids is 2. The average Bonchev–Trinajstić information content (AvgIpc) is 3.06. The molecule has 102 valence electrons. The Morgan fingerprint density at radius 3 is 2.89 bits per heavy atom. The highest BCUT2D eigenvalue weighted by Crippen LogP contribution is 2.18. The molecule has 1 heterocycles. The topological polar surface area (TPSA) is 62.3 Å². The SMILES string of the molecule is Cc1nc(C=CC(=O)N(C)CC(=O)NC2CC2)cs1. The van der Waals surface area contributed by atoms with Gasteiger partial charge in [-0.1, -0.05) is 0 Å². The van der Waals surface area contributed by atoms with Crippen LogP contribution in [0.25, 0.3) is 6.08 Å².